The first-order chi connectivity index (χ1) is 12.5. The molecule has 0 aromatic heterocycles. The molecule has 0 saturated heterocycles. The van der Waals surface area contributed by atoms with Crippen LogP contribution >= 0.6 is 11.6 Å². The number of carbonyl (C=O) groups excluding carboxylic acids is 2. The summed E-state index contributed by atoms with van der Waals surface area (Å²) in [4.78, 5) is 24.4. The van der Waals surface area contributed by atoms with Gasteiger partial charge in [-0.3, -0.25) is 9.59 Å². The number of rotatable bonds is 5. The number of halogens is 2. The molecule has 1 aliphatic rings. The maximum absolute atomic E-state index is 13.0. The van der Waals surface area contributed by atoms with E-state index >= 15 is 0 Å². The van der Waals surface area contributed by atoms with E-state index in [9.17, 15) is 14.0 Å². The molecule has 7 heteroatoms. The van der Waals surface area contributed by atoms with Crippen molar-refractivity contribution >= 4 is 29.1 Å². The molecule has 3 rings (SSSR count). The predicted octanol–water partition coefficient (Wildman–Crippen LogP) is 3.27. The van der Waals surface area contributed by atoms with Crippen LogP contribution in [0, 0.1) is 5.82 Å². The number of nitrogens with zero attached hydrogens (tertiary/aromatic N) is 2. The molecule has 0 aliphatic carbocycles. The largest absolute Gasteiger partial charge is 0.347 e. The number of benzene rings is 2. The summed E-state index contributed by atoms with van der Waals surface area (Å²) in [6.45, 7) is 0.550. The Morgan fingerprint density at radius 3 is 2.42 bits per heavy atom. The minimum absolute atomic E-state index is 0.163. The highest BCUT2D eigenvalue weighted by molar-refractivity contribution is 6.39. The third-order valence-electron chi connectivity index (χ3n) is 3.98. The van der Waals surface area contributed by atoms with E-state index in [2.05, 4.69) is 10.4 Å². The van der Waals surface area contributed by atoms with Crippen LogP contribution in [0.4, 0.5) is 4.39 Å². The Balaban J connectivity index is 1.64. The molecule has 2 aromatic carbocycles. The number of hydrogen-bond acceptors (Lipinski definition) is 3. The Morgan fingerprint density at radius 1 is 1.08 bits per heavy atom. The van der Waals surface area contributed by atoms with Crippen molar-refractivity contribution in [3.63, 3.8) is 0 Å². The smallest absolute Gasteiger partial charge is 0.267 e. The average molecular weight is 374 g/mol. The van der Waals surface area contributed by atoms with E-state index in [1.54, 1.807) is 24.3 Å². The second-order valence-corrected chi connectivity index (χ2v) is 6.37. The van der Waals surface area contributed by atoms with Gasteiger partial charge in [-0.2, -0.15) is 5.10 Å². The number of hydrazone groups is 1. The molecule has 1 heterocycles. The zero-order chi connectivity index (χ0) is 18.5. The van der Waals surface area contributed by atoms with Gasteiger partial charge in [-0.25, -0.2) is 9.40 Å². The van der Waals surface area contributed by atoms with Crippen LogP contribution in [0.3, 0.4) is 0 Å². The highest BCUT2D eigenvalue weighted by atomic mass is 35.5. The van der Waals surface area contributed by atoms with Crippen molar-refractivity contribution in [1.29, 1.82) is 0 Å². The maximum atomic E-state index is 13.0. The fourth-order valence-corrected chi connectivity index (χ4v) is 2.66. The number of carbonyl (C=O) groups is 2. The quantitative estimate of drug-likeness (QED) is 0.874. The first-order valence-electron chi connectivity index (χ1n) is 8.16. The Bertz CT molecular complexity index is 835. The molecule has 5 nitrogen and oxygen atoms in total. The predicted molar refractivity (Wildman–Crippen MR) is 96.9 cm³/mol. The summed E-state index contributed by atoms with van der Waals surface area (Å²) in [5, 5.41) is 8.86. The second-order valence-electron chi connectivity index (χ2n) is 5.93. The van der Waals surface area contributed by atoms with Crippen LogP contribution in [-0.2, 0) is 22.7 Å². The third-order valence-corrected chi connectivity index (χ3v) is 4.23. The van der Waals surface area contributed by atoms with E-state index in [1.165, 1.54) is 17.1 Å². The first-order valence-corrected chi connectivity index (χ1v) is 8.54. The van der Waals surface area contributed by atoms with Gasteiger partial charge in [0.05, 0.1) is 6.54 Å². The second kappa shape index (κ2) is 8.10. The highest BCUT2D eigenvalue weighted by Crippen LogP contribution is 2.15. The zero-order valence-corrected chi connectivity index (χ0v) is 14.7. The van der Waals surface area contributed by atoms with Crippen LogP contribution in [0.5, 0.6) is 0 Å². The molecule has 0 saturated carbocycles. The van der Waals surface area contributed by atoms with Crippen molar-refractivity contribution in [2.45, 2.75) is 25.9 Å². The van der Waals surface area contributed by atoms with Crippen molar-refractivity contribution in [2.75, 3.05) is 0 Å². The molecular weight excluding hydrogens is 357 g/mol. The van der Waals surface area contributed by atoms with Gasteiger partial charge in [0, 0.05) is 24.4 Å². The summed E-state index contributed by atoms with van der Waals surface area (Å²) in [6.07, 6.45) is 0.513. The van der Waals surface area contributed by atoms with Crippen LogP contribution in [0.2, 0.25) is 5.02 Å². The van der Waals surface area contributed by atoms with Crippen molar-refractivity contribution in [3.05, 3.63) is 70.5 Å². The lowest BCUT2D eigenvalue weighted by atomic mass is 10.1. The molecule has 0 fully saturated rings. The van der Waals surface area contributed by atoms with Gasteiger partial charge in [-0.15, -0.1) is 0 Å². The molecule has 0 unspecified atom stereocenters. The van der Waals surface area contributed by atoms with Gasteiger partial charge >= 0.3 is 0 Å². The van der Waals surface area contributed by atoms with Crippen molar-refractivity contribution in [1.82, 2.24) is 10.3 Å². The summed E-state index contributed by atoms with van der Waals surface area (Å²) in [7, 11) is 0. The Hall–Kier alpha value is -2.73. The topological polar surface area (TPSA) is 61.8 Å². The molecule has 0 radical (unpaired) electrons. The highest BCUT2D eigenvalue weighted by Gasteiger charge is 2.24. The van der Waals surface area contributed by atoms with Crippen LogP contribution in [0.1, 0.15) is 24.0 Å². The first kappa shape index (κ1) is 18.1. The van der Waals surface area contributed by atoms with Crippen LogP contribution < -0.4 is 5.32 Å². The molecule has 0 atom stereocenters. The minimum Gasteiger partial charge on any atom is -0.347 e. The van der Waals surface area contributed by atoms with Crippen LogP contribution in [0.25, 0.3) is 0 Å². The van der Waals surface area contributed by atoms with Gasteiger partial charge in [-0.1, -0.05) is 35.9 Å². The summed E-state index contributed by atoms with van der Waals surface area (Å²) < 4.78 is 13.0. The van der Waals surface area contributed by atoms with Gasteiger partial charge in [0.1, 0.15) is 11.5 Å². The van der Waals surface area contributed by atoms with E-state index in [0.29, 0.717) is 23.7 Å². The monoisotopic (exact) mass is 373 g/mol. The lowest BCUT2D eigenvalue weighted by Crippen LogP contribution is -2.38. The molecule has 0 bridgehead atoms. The number of amides is 2. The number of hydrogen-bond donors (Lipinski definition) is 1. The van der Waals surface area contributed by atoms with E-state index in [1.807, 2.05) is 12.1 Å². The minimum atomic E-state index is -0.343. The summed E-state index contributed by atoms with van der Waals surface area (Å²) in [5.41, 5.74) is 1.96. The molecular formula is C19H17ClFN3O2. The summed E-state index contributed by atoms with van der Waals surface area (Å²) in [5.74, 6) is -0.815. The van der Waals surface area contributed by atoms with Crippen molar-refractivity contribution in [3.8, 4) is 0 Å². The van der Waals surface area contributed by atoms with Gasteiger partial charge in [0.25, 0.3) is 5.91 Å². The van der Waals surface area contributed by atoms with Crippen LogP contribution in [0.15, 0.2) is 53.6 Å². The van der Waals surface area contributed by atoms with Gasteiger partial charge in [0.15, 0.2) is 0 Å². The molecule has 0 spiro atoms. The Kier molecular flexibility index (Phi) is 5.63. The fourth-order valence-electron chi connectivity index (χ4n) is 2.54. The van der Waals surface area contributed by atoms with E-state index in [-0.39, 0.29) is 30.6 Å². The molecule has 2 aromatic rings. The van der Waals surface area contributed by atoms with E-state index < -0.39 is 0 Å². The zero-order valence-electron chi connectivity index (χ0n) is 13.9. The molecule has 134 valence electrons. The molecule has 1 aliphatic heterocycles. The van der Waals surface area contributed by atoms with Crippen molar-refractivity contribution in [2.24, 2.45) is 5.10 Å². The van der Waals surface area contributed by atoms with E-state index in [0.717, 1.165) is 11.1 Å². The summed E-state index contributed by atoms with van der Waals surface area (Å²) in [6, 6.07) is 13.0. The molecule has 1 N–H and O–H groups in total. The SMILES string of the molecule is O=C(NCc1ccc(Cl)cc1)C1=NN(Cc2ccc(F)cc2)C(=O)CC1. The van der Waals surface area contributed by atoms with Crippen LogP contribution in [-0.4, -0.2) is 22.5 Å². The lowest BCUT2D eigenvalue weighted by molar-refractivity contribution is -0.132. The standard InChI is InChI=1S/C19H17ClFN3O2/c20-15-5-1-13(2-6-15)11-22-19(26)17-9-10-18(25)24(23-17)12-14-3-7-16(21)8-4-14/h1-8H,9-12H2,(H,22,26). The average Bonchev–Trinajstić information content (AvgIpc) is 2.64. The molecule has 2 amide bonds. The Labute approximate surface area is 155 Å². The van der Waals surface area contributed by atoms with E-state index in [4.69, 9.17) is 11.6 Å². The molecule has 26 heavy (non-hydrogen) atoms. The van der Waals surface area contributed by atoms with Gasteiger partial charge in [-0.05, 0) is 35.4 Å². The lowest BCUT2D eigenvalue weighted by Gasteiger charge is -2.23. The van der Waals surface area contributed by atoms with Gasteiger partial charge < -0.3 is 5.32 Å². The van der Waals surface area contributed by atoms with Crippen molar-refractivity contribution < 1.29 is 14.0 Å². The normalized spacial score (nSPS) is 14.2. The number of nitrogens with one attached hydrogen (secondary N) is 1. The van der Waals surface area contributed by atoms with Gasteiger partial charge in [0.2, 0.25) is 5.91 Å². The third kappa shape index (κ3) is 4.67. The summed E-state index contributed by atoms with van der Waals surface area (Å²) >= 11 is 5.84. The fraction of sp³-hybridized carbons (Fsp3) is 0.211. The maximum Gasteiger partial charge on any atom is 0.267 e. The Morgan fingerprint density at radius 2 is 1.73 bits per heavy atom.